The molecule has 0 saturated carbocycles. The van der Waals surface area contributed by atoms with Crippen molar-refractivity contribution in [1.29, 1.82) is 0 Å². The van der Waals surface area contributed by atoms with Gasteiger partial charge in [-0.15, -0.1) is 0 Å². The van der Waals surface area contributed by atoms with Crippen LogP contribution < -0.4 is 0 Å². The van der Waals surface area contributed by atoms with Crippen molar-refractivity contribution in [3.05, 3.63) is 97.1 Å². The van der Waals surface area contributed by atoms with Gasteiger partial charge in [0.2, 0.25) is 0 Å². The van der Waals surface area contributed by atoms with Gasteiger partial charge in [-0.3, -0.25) is 0 Å². The predicted octanol–water partition coefficient (Wildman–Crippen LogP) is 6.49. The van der Waals surface area contributed by atoms with E-state index in [1.54, 1.807) is 0 Å². The SMILES string of the molecule is c1ccc2nc3c(nc2c1)c1ccccc1n3CCn1c2ccccc2c2nc3ccccc3nc21. The average Bonchev–Trinajstić information content (AvgIpc) is 3.41. The van der Waals surface area contributed by atoms with Crippen LogP contribution in [0.1, 0.15) is 0 Å². The van der Waals surface area contributed by atoms with E-state index < -0.39 is 0 Å². The molecule has 6 nitrogen and oxygen atoms in total. The number of para-hydroxylation sites is 6. The second-order valence-corrected chi connectivity index (χ2v) is 9.11. The highest BCUT2D eigenvalue weighted by Gasteiger charge is 2.17. The number of aryl methyl sites for hydroxylation is 2. The minimum atomic E-state index is 0.735. The van der Waals surface area contributed by atoms with E-state index in [9.17, 15) is 0 Å². The molecule has 0 aliphatic heterocycles. The van der Waals surface area contributed by atoms with Gasteiger partial charge in [-0.25, -0.2) is 19.9 Å². The lowest BCUT2D eigenvalue weighted by atomic mass is 10.2. The molecule has 170 valence electrons. The van der Waals surface area contributed by atoms with Gasteiger partial charge in [-0.05, 0) is 36.4 Å². The van der Waals surface area contributed by atoms with Gasteiger partial charge in [0, 0.05) is 23.9 Å². The Morgan fingerprint density at radius 2 is 0.778 bits per heavy atom. The summed E-state index contributed by atoms with van der Waals surface area (Å²) in [6.07, 6.45) is 0. The van der Waals surface area contributed by atoms with E-state index in [0.717, 1.165) is 79.3 Å². The molecule has 4 heterocycles. The van der Waals surface area contributed by atoms with Crippen LogP contribution in [0.4, 0.5) is 0 Å². The van der Waals surface area contributed by atoms with E-state index in [1.165, 1.54) is 0 Å². The maximum absolute atomic E-state index is 5.04. The maximum Gasteiger partial charge on any atom is 0.160 e. The van der Waals surface area contributed by atoms with Crippen LogP contribution >= 0.6 is 0 Å². The van der Waals surface area contributed by atoms with Crippen LogP contribution in [0.3, 0.4) is 0 Å². The molecule has 0 N–H and O–H groups in total. The molecule has 6 heteroatoms. The highest BCUT2D eigenvalue weighted by atomic mass is 15.1. The van der Waals surface area contributed by atoms with Gasteiger partial charge in [-0.2, -0.15) is 0 Å². The van der Waals surface area contributed by atoms with Gasteiger partial charge in [0.25, 0.3) is 0 Å². The lowest BCUT2D eigenvalue weighted by Gasteiger charge is -2.10. The molecular formula is C30H20N6. The first-order valence-electron chi connectivity index (χ1n) is 12.1. The van der Waals surface area contributed by atoms with Gasteiger partial charge in [0.05, 0.1) is 33.1 Å². The summed E-state index contributed by atoms with van der Waals surface area (Å²) in [5.41, 5.74) is 9.62. The van der Waals surface area contributed by atoms with E-state index in [1.807, 2.05) is 48.5 Å². The number of hydrogen-bond donors (Lipinski definition) is 0. The number of aromatic nitrogens is 6. The highest BCUT2D eigenvalue weighted by molar-refractivity contribution is 6.07. The fourth-order valence-electron chi connectivity index (χ4n) is 5.42. The van der Waals surface area contributed by atoms with Crippen LogP contribution in [-0.2, 0) is 13.1 Å². The third-order valence-corrected chi connectivity index (χ3v) is 7.06. The first-order chi connectivity index (χ1) is 17.8. The van der Waals surface area contributed by atoms with Crippen LogP contribution in [0.5, 0.6) is 0 Å². The summed E-state index contributed by atoms with van der Waals surface area (Å²) in [5.74, 6) is 0. The molecule has 0 aliphatic carbocycles. The lowest BCUT2D eigenvalue weighted by Crippen LogP contribution is -2.08. The Bertz CT molecular complexity index is 1960. The zero-order valence-electron chi connectivity index (χ0n) is 19.3. The summed E-state index contributed by atoms with van der Waals surface area (Å²) in [4.78, 5) is 20.1. The van der Waals surface area contributed by atoms with Crippen LogP contribution in [0.25, 0.3) is 66.2 Å². The predicted molar refractivity (Wildman–Crippen MR) is 145 cm³/mol. The molecule has 0 bridgehead atoms. The molecule has 0 fully saturated rings. The van der Waals surface area contributed by atoms with Crippen molar-refractivity contribution in [2.75, 3.05) is 0 Å². The molecule has 4 aromatic carbocycles. The Morgan fingerprint density at radius 1 is 0.417 bits per heavy atom. The summed E-state index contributed by atoms with van der Waals surface area (Å²) in [6, 6.07) is 33.0. The summed E-state index contributed by atoms with van der Waals surface area (Å²) in [6.45, 7) is 1.47. The van der Waals surface area contributed by atoms with Gasteiger partial charge < -0.3 is 9.13 Å². The summed E-state index contributed by atoms with van der Waals surface area (Å²) in [7, 11) is 0. The maximum atomic E-state index is 5.04. The molecule has 36 heavy (non-hydrogen) atoms. The standard InChI is InChI=1S/C30H20N6/c1-7-15-25-19(9-1)27-29(33-23-13-5-3-11-21(23)31-27)35(25)17-18-36-26-16-8-2-10-20(26)28-30(36)34-24-14-6-4-12-22(24)32-28/h1-16H,17-18H2. The fourth-order valence-corrected chi connectivity index (χ4v) is 5.42. The first kappa shape index (κ1) is 19.5. The van der Waals surface area contributed by atoms with Crippen molar-refractivity contribution in [3.63, 3.8) is 0 Å². The molecule has 0 spiro atoms. The van der Waals surface area contributed by atoms with Crippen molar-refractivity contribution in [2.24, 2.45) is 0 Å². The molecule has 0 aliphatic rings. The minimum Gasteiger partial charge on any atom is -0.322 e. The van der Waals surface area contributed by atoms with Gasteiger partial charge >= 0.3 is 0 Å². The van der Waals surface area contributed by atoms with Crippen LogP contribution in [0.15, 0.2) is 97.1 Å². The number of hydrogen-bond acceptors (Lipinski definition) is 4. The zero-order valence-corrected chi connectivity index (χ0v) is 19.3. The lowest BCUT2D eigenvalue weighted by molar-refractivity contribution is 0.625. The number of fused-ring (bicyclic) bond motifs is 8. The third kappa shape index (κ3) is 2.72. The van der Waals surface area contributed by atoms with E-state index in [4.69, 9.17) is 19.9 Å². The Labute approximate surface area is 205 Å². The zero-order chi connectivity index (χ0) is 23.6. The van der Waals surface area contributed by atoms with Gasteiger partial charge in [0.15, 0.2) is 11.3 Å². The molecule has 0 radical (unpaired) electrons. The van der Waals surface area contributed by atoms with E-state index >= 15 is 0 Å². The van der Waals surface area contributed by atoms with Crippen molar-refractivity contribution in [3.8, 4) is 0 Å². The molecule has 8 aromatic rings. The number of rotatable bonds is 3. The molecule has 0 amide bonds. The third-order valence-electron chi connectivity index (χ3n) is 7.06. The van der Waals surface area contributed by atoms with Gasteiger partial charge in [-0.1, -0.05) is 60.7 Å². The second-order valence-electron chi connectivity index (χ2n) is 9.11. The second kappa shape index (κ2) is 7.33. The molecular weight excluding hydrogens is 444 g/mol. The molecule has 0 atom stereocenters. The fraction of sp³-hybridized carbons (Fsp3) is 0.0667. The normalized spacial score (nSPS) is 12.1. The van der Waals surface area contributed by atoms with E-state index in [2.05, 4.69) is 57.7 Å². The molecule has 0 saturated heterocycles. The topological polar surface area (TPSA) is 61.4 Å². The van der Waals surface area contributed by atoms with Crippen LogP contribution in [0, 0.1) is 0 Å². The summed E-state index contributed by atoms with van der Waals surface area (Å²) in [5, 5.41) is 2.25. The Kier molecular flexibility index (Phi) is 3.96. The Morgan fingerprint density at radius 3 is 1.22 bits per heavy atom. The number of benzene rings is 4. The first-order valence-corrected chi connectivity index (χ1v) is 12.1. The minimum absolute atomic E-state index is 0.735. The average molecular weight is 465 g/mol. The monoisotopic (exact) mass is 464 g/mol. The van der Waals surface area contributed by atoms with Crippen molar-refractivity contribution in [1.82, 2.24) is 29.1 Å². The van der Waals surface area contributed by atoms with Crippen molar-refractivity contribution in [2.45, 2.75) is 13.1 Å². The van der Waals surface area contributed by atoms with Crippen LogP contribution in [0.2, 0.25) is 0 Å². The molecule has 8 rings (SSSR count). The van der Waals surface area contributed by atoms with Crippen LogP contribution in [-0.4, -0.2) is 29.1 Å². The Hall–Kier alpha value is -4.84. The number of nitrogens with zero attached hydrogens (tertiary/aromatic N) is 6. The quantitative estimate of drug-likeness (QED) is 0.300. The summed E-state index contributed by atoms with van der Waals surface area (Å²) < 4.78 is 4.58. The van der Waals surface area contributed by atoms with E-state index in [0.29, 0.717) is 0 Å². The van der Waals surface area contributed by atoms with Crippen molar-refractivity contribution < 1.29 is 0 Å². The highest BCUT2D eigenvalue weighted by Crippen LogP contribution is 2.31. The Balaban J connectivity index is 1.35. The largest absolute Gasteiger partial charge is 0.322 e. The van der Waals surface area contributed by atoms with Crippen molar-refractivity contribution >= 4 is 66.2 Å². The summed E-state index contributed by atoms with van der Waals surface area (Å²) >= 11 is 0. The molecule has 4 aromatic heterocycles. The van der Waals surface area contributed by atoms with Gasteiger partial charge in [0.1, 0.15) is 11.0 Å². The molecule has 0 unspecified atom stereocenters. The van der Waals surface area contributed by atoms with E-state index in [-0.39, 0.29) is 0 Å². The smallest absolute Gasteiger partial charge is 0.160 e.